The van der Waals surface area contributed by atoms with Crippen molar-refractivity contribution >= 4 is 22.2 Å². The van der Waals surface area contributed by atoms with Crippen LogP contribution in [0.1, 0.15) is 12.8 Å². The van der Waals surface area contributed by atoms with E-state index in [-0.39, 0.29) is 5.91 Å². The Bertz CT molecular complexity index is 221. The van der Waals surface area contributed by atoms with Gasteiger partial charge in [0.2, 0.25) is 22.2 Å². The Morgan fingerprint density at radius 3 is 2.75 bits per heavy atom. The van der Waals surface area contributed by atoms with Crippen LogP contribution >= 0.6 is 0 Å². The van der Waals surface area contributed by atoms with E-state index in [1.807, 2.05) is 0 Å². The third-order valence-electron chi connectivity index (χ3n) is 3.48. The van der Waals surface area contributed by atoms with Crippen molar-refractivity contribution in [3.05, 3.63) is 0 Å². The Kier molecular flexibility index (Phi) is 1.95. The number of primary amides is 1. The number of amides is 1. The highest BCUT2D eigenvalue weighted by Gasteiger charge is 2.60. The van der Waals surface area contributed by atoms with Crippen LogP contribution in [0.2, 0.25) is 5.28 Å². The first kappa shape index (κ1) is 8.56. The molecule has 2 fully saturated rings. The smallest absolute Gasteiger partial charge is 0.250 e. The van der Waals surface area contributed by atoms with E-state index in [4.69, 9.17) is 10.5 Å². The van der Waals surface area contributed by atoms with Crippen LogP contribution in [0.4, 0.5) is 0 Å². The molecule has 1 aliphatic carbocycles. The Labute approximate surface area is 80.1 Å². The van der Waals surface area contributed by atoms with Crippen LogP contribution in [0.25, 0.3) is 0 Å². The molecule has 1 heterocycles. The van der Waals surface area contributed by atoms with Crippen molar-refractivity contribution in [2.75, 3.05) is 6.61 Å². The molecule has 2 N–H and O–H groups in total. The Hall–Kier alpha value is -0.0375. The third-order valence-corrected chi connectivity index (χ3v) is 4.46. The van der Waals surface area contributed by atoms with E-state index >= 15 is 0 Å². The maximum Gasteiger partial charge on any atom is 0.250 e. The van der Waals surface area contributed by atoms with Gasteiger partial charge in [0.25, 0.3) is 0 Å². The summed E-state index contributed by atoms with van der Waals surface area (Å²) in [4.78, 5) is 11.3. The molecule has 0 aromatic heterocycles. The molecular weight excluding hydrogens is 169 g/mol. The minimum absolute atomic E-state index is 0.225. The average Bonchev–Trinajstić information content (AvgIpc) is 2.23. The van der Waals surface area contributed by atoms with Crippen LogP contribution in [0.5, 0.6) is 0 Å². The summed E-state index contributed by atoms with van der Waals surface area (Å²) in [5.74, 6) is 0.645. The van der Waals surface area contributed by atoms with E-state index in [0.29, 0.717) is 11.8 Å². The monoisotopic (exact) mass is 183 g/mol. The zero-order chi connectivity index (χ0) is 8.77. The predicted molar refractivity (Wildman–Crippen MR) is 47.4 cm³/mol. The van der Waals surface area contributed by atoms with Gasteiger partial charge in [0, 0.05) is 5.92 Å². The number of carbonyl (C=O) groups is 1. The first-order valence-corrected chi connectivity index (χ1v) is 6.07. The first-order valence-electron chi connectivity index (χ1n) is 4.65. The van der Waals surface area contributed by atoms with Crippen LogP contribution in [-0.4, -0.2) is 34.4 Å². The van der Waals surface area contributed by atoms with Crippen molar-refractivity contribution in [1.29, 1.82) is 0 Å². The number of hydrogen-bond acceptors (Lipinski definition) is 2. The molecular formula is C8H14AlNO2. The van der Waals surface area contributed by atoms with Crippen LogP contribution < -0.4 is 5.73 Å². The minimum atomic E-state index is -0.526. The fraction of sp³-hybridized carbons (Fsp3) is 0.875. The first-order chi connectivity index (χ1) is 5.71. The maximum absolute atomic E-state index is 11.3. The van der Waals surface area contributed by atoms with Crippen molar-refractivity contribution < 1.29 is 9.53 Å². The minimum Gasteiger partial charge on any atom is -0.367 e. The summed E-state index contributed by atoms with van der Waals surface area (Å²) in [6.07, 6.45) is 2.27. The molecule has 0 spiro atoms. The van der Waals surface area contributed by atoms with E-state index in [1.165, 1.54) is 0 Å². The number of hydrogen-bond donors (Lipinski definition) is 1. The van der Waals surface area contributed by atoms with Gasteiger partial charge >= 0.3 is 0 Å². The average molecular weight is 183 g/mol. The predicted octanol–water partition coefficient (Wildman–Crippen LogP) is -0.682. The maximum atomic E-state index is 11.3. The fourth-order valence-corrected chi connectivity index (χ4v) is 3.74. The van der Waals surface area contributed by atoms with Crippen LogP contribution in [-0.2, 0) is 9.53 Å². The molecule has 3 atom stereocenters. The number of fused-ring (bicyclic) bond motifs is 1. The molecule has 3 nitrogen and oxygen atoms in total. The molecule has 2 aliphatic rings. The van der Waals surface area contributed by atoms with Crippen molar-refractivity contribution in [1.82, 2.24) is 0 Å². The van der Waals surface area contributed by atoms with Gasteiger partial charge in [-0.1, -0.05) is 5.28 Å². The van der Waals surface area contributed by atoms with E-state index in [1.54, 1.807) is 0 Å². The van der Waals surface area contributed by atoms with Gasteiger partial charge in [0.1, 0.15) is 0 Å². The topological polar surface area (TPSA) is 52.3 Å². The lowest BCUT2D eigenvalue weighted by molar-refractivity contribution is -0.205. The van der Waals surface area contributed by atoms with Gasteiger partial charge in [-0.05, 0) is 18.8 Å². The summed E-state index contributed by atoms with van der Waals surface area (Å²) in [6.45, 7) is 0.751. The highest BCUT2D eigenvalue weighted by molar-refractivity contribution is 6.09. The second-order valence-electron chi connectivity index (χ2n) is 3.85. The second-order valence-corrected chi connectivity index (χ2v) is 4.66. The summed E-state index contributed by atoms with van der Waals surface area (Å²) in [5, 5.41) is 1.14. The van der Waals surface area contributed by atoms with E-state index in [9.17, 15) is 4.79 Å². The Morgan fingerprint density at radius 1 is 1.67 bits per heavy atom. The summed E-state index contributed by atoms with van der Waals surface area (Å²) in [5.41, 5.74) is 4.87. The summed E-state index contributed by atoms with van der Waals surface area (Å²) >= 11 is 1.14. The molecule has 0 bridgehead atoms. The van der Waals surface area contributed by atoms with E-state index < -0.39 is 5.60 Å². The highest BCUT2D eigenvalue weighted by atomic mass is 27.0. The molecule has 0 radical (unpaired) electrons. The Balaban J connectivity index is 2.24. The number of carbonyl (C=O) groups excluding carboxylic acids is 1. The van der Waals surface area contributed by atoms with Gasteiger partial charge in [-0.2, -0.15) is 0 Å². The van der Waals surface area contributed by atoms with Gasteiger partial charge < -0.3 is 10.5 Å². The number of ether oxygens (including phenoxy) is 1. The van der Waals surface area contributed by atoms with Crippen LogP contribution in [0, 0.1) is 11.8 Å². The lowest BCUT2D eigenvalue weighted by Crippen LogP contribution is -2.62. The van der Waals surface area contributed by atoms with Gasteiger partial charge in [0.15, 0.2) is 5.60 Å². The molecule has 0 aromatic carbocycles. The lowest BCUT2D eigenvalue weighted by atomic mass is 9.80. The largest absolute Gasteiger partial charge is 0.367 e. The van der Waals surface area contributed by atoms with Crippen molar-refractivity contribution in [3.8, 4) is 0 Å². The molecule has 1 amide bonds. The zero-order valence-corrected chi connectivity index (χ0v) is 9.38. The molecule has 2 rings (SSSR count). The molecule has 12 heavy (non-hydrogen) atoms. The molecule has 1 aliphatic heterocycles. The van der Waals surface area contributed by atoms with Crippen molar-refractivity contribution in [2.45, 2.75) is 23.7 Å². The van der Waals surface area contributed by atoms with Crippen molar-refractivity contribution in [3.63, 3.8) is 0 Å². The normalized spacial score (nSPS) is 45.0. The summed E-state index contributed by atoms with van der Waals surface area (Å²) < 4.78 is 5.45. The Morgan fingerprint density at radius 2 is 2.42 bits per heavy atom. The molecule has 1 saturated carbocycles. The van der Waals surface area contributed by atoms with Crippen molar-refractivity contribution in [2.24, 2.45) is 17.6 Å². The van der Waals surface area contributed by atoms with E-state index in [0.717, 1.165) is 41.0 Å². The van der Waals surface area contributed by atoms with Gasteiger partial charge in [-0.3, -0.25) is 4.79 Å². The molecule has 0 aromatic rings. The van der Waals surface area contributed by atoms with Gasteiger partial charge in [0.05, 0.1) is 6.61 Å². The summed E-state index contributed by atoms with van der Waals surface area (Å²) in [7, 11) is 0. The highest BCUT2D eigenvalue weighted by Crippen LogP contribution is 2.51. The number of nitrogens with two attached hydrogens (primary N) is 1. The van der Waals surface area contributed by atoms with E-state index in [2.05, 4.69) is 0 Å². The zero-order valence-electron chi connectivity index (χ0n) is 7.38. The quantitative estimate of drug-likeness (QED) is 0.576. The SMILES string of the molecule is NC(=O)[C@@]12OC[C@@H]1CCC2[CH2][AlH2]. The second kappa shape index (κ2) is 2.73. The standard InChI is InChI=1S/C8H12NO2.Al.2H/c1-5-2-3-6-4-11-8(5,6)7(9)10;;;/h5-6H,1-4H2,(H2,9,10);;;/t5?,6-,8-;;;/m0.../s1. The molecule has 1 saturated heterocycles. The fourth-order valence-electron chi connectivity index (χ4n) is 2.73. The third kappa shape index (κ3) is 0.835. The van der Waals surface area contributed by atoms with Crippen LogP contribution in [0.3, 0.4) is 0 Å². The van der Waals surface area contributed by atoms with Gasteiger partial charge in [-0.15, -0.1) is 0 Å². The summed E-state index contributed by atoms with van der Waals surface area (Å²) in [6, 6.07) is 0. The van der Waals surface area contributed by atoms with Gasteiger partial charge in [-0.25, -0.2) is 0 Å². The molecule has 1 unspecified atom stereocenters. The molecule has 66 valence electrons. The number of rotatable bonds is 2. The van der Waals surface area contributed by atoms with Crippen LogP contribution in [0.15, 0.2) is 0 Å². The lowest BCUT2D eigenvalue weighted by Gasteiger charge is -2.45. The molecule has 4 heteroatoms.